The van der Waals surface area contributed by atoms with E-state index in [-0.39, 0.29) is 11.3 Å². The van der Waals surface area contributed by atoms with Crippen molar-refractivity contribution in [1.29, 1.82) is 0 Å². The van der Waals surface area contributed by atoms with Crippen molar-refractivity contribution in [3.8, 4) is 0 Å². The van der Waals surface area contributed by atoms with Crippen molar-refractivity contribution in [1.82, 2.24) is 4.90 Å². The highest BCUT2D eigenvalue weighted by molar-refractivity contribution is 6.65. The fraction of sp³-hybridized carbons (Fsp3) is 0.600. The van der Waals surface area contributed by atoms with E-state index in [9.17, 15) is 8.78 Å². The SMILES string of the molecule is COC1=NC(Cl)=NC(N)N1C(F)F. The largest absolute Gasteiger partial charge is 0.468 e. The van der Waals surface area contributed by atoms with Crippen molar-refractivity contribution >= 4 is 22.9 Å². The highest BCUT2D eigenvalue weighted by atomic mass is 35.5. The van der Waals surface area contributed by atoms with Crippen molar-refractivity contribution in [2.75, 3.05) is 7.11 Å². The zero-order valence-electron chi connectivity index (χ0n) is 6.62. The van der Waals surface area contributed by atoms with Crippen molar-refractivity contribution in [2.45, 2.75) is 12.8 Å². The Morgan fingerprint density at radius 2 is 2.31 bits per heavy atom. The number of halogens is 3. The first-order valence-corrected chi connectivity index (χ1v) is 3.62. The number of hydrogen-bond acceptors (Lipinski definition) is 5. The minimum absolute atomic E-state index is 0.207. The smallest absolute Gasteiger partial charge is 0.321 e. The molecule has 5 nitrogen and oxygen atoms in total. The van der Waals surface area contributed by atoms with Crippen LogP contribution in [0.3, 0.4) is 0 Å². The van der Waals surface area contributed by atoms with Crippen LogP contribution in [0.15, 0.2) is 9.98 Å². The van der Waals surface area contributed by atoms with Gasteiger partial charge in [-0.15, -0.1) is 0 Å². The Hall–Kier alpha value is -0.950. The van der Waals surface area contributed by atoms with E-state index in [4.69, 9.17) is 17.3 Å². The van der Waals surface area contributed by atoms with Crippen molar-refractivity contribution in [2.24, 2.45) is 15.7 Å². The van der Waals surface area contributed by atoms with Gasteiger partial charge in [0.2, 0.25) is 5.29 Å². The molecule has 1 unspecified atom stereocenters. The topological polar surface area (TPSA) is 63.2 Å². The van der Waals surface area contributed by atoms with Gasteiger partial charge in [-0.2, -0.15) is 13.8 Å². The number of alkyl halides is 2. The second-order valence-electron chi connectivity index (χ2n) is 2.10. The first kappa shape index (κ1) is 10.1. The number of nitrogens with zero attached hydrogens (tertiary/aromatic N) is 3. The van der Waals surface area contributed by atoms with Gasteiger partial charge in [0, 0.05) is 0 Å². The lowest BCUT2D eigenvalue weighted by Gasteiger charge is -2.28. The first-order valence-electron chi connectivity index (χ1n) is 3.24. The van der Waals surface area contributed by atoms with E-state index in [2.05, 4.69) is 14.7 Å². The number of rotatable bonds is 1. The van der Waals surface area contributed by atoms with Crippen LogP contribution in [0.5, 0.6) is 0 Å². The molecule has 1 aliphatic rings. The predicted octanol–water partition coefficient (Wildman–Crippen LogP) is 0.364. The Labute approximate surface area is 77.8 Å². The summed E-state index contributed by atoms with van der Waals surface area (Å²) >= 11 is 5.39. The molecule has 1 atom stereocenters. The van der Waals surface area contributed by atoms with Gasteiger partial charge in [-0.05, 0) is 11.6 Å². The standard InChI is InChI=1S/C5H7ClF2N4O/c1-13-5-11-2(6)10-4(9)12(5)3(7)8/h3-4H,9H2,1H3. The summed E-state index contributed by atoms with van der Waals surface area (Å²) in [5, 5.41) is -0.207. The molecule has 1 aliphatic heterocycles. The number of hydrogen-bond donors (Lipinski definition) is 1. The fourth-order valence-electron chi connectivity index (χ4n) is 0.800. The maximum Gasteiger partial charge on any atom is 0.321 e. The predicted molar refractivity (Wildman–Crippen MR) is 43.6 cm³/mol. The average molecular weight is 213 g/mol. The molecule has 0 saturated heterocycles. The van der Waals surface area contributed by atoms with Crippen LogP contribution in [-0.2, 0) is 4.74 Å². The lowest BCUT2D eigenvalue weighted by atomic mass is 10.6. The Balaban J connectivity index is 2.91. The van der Waals surface area contributed by atoms with E-state index in [0.717, 1.165) is 0 Å². The van der Waals surface area contributed by atoms with E-state index in [1.165, 1.54) is 7.11 Å². The molecule has 0 fully saturated rings. The zero-order chi connectivity index (χ0) is 10.0. The molecule has 1 heterocycles. The van der Waals surface area contributed by atoms with E-state index in [1.54, 1.807) is 0 Å². The number of nitrogens with two attached hydrogens (primary N) is 1. The highest BCUT2D eigenvalue weighted by Gasteiger charge is 2.31. The lowest BCUT2D eigenvalue weighted by Crippen LogP contribution is -2.50. The molecule has 13 heavy (non-hydrogen) atoms. The average Bonchev–Trinajstić information content (AvgIpc) is 2.01. The van der Waals surface area contributed by atoms with Crippen molar-refractivity contribution in [3.05, 3.63) is 0 Å². The maximum absolute atomic E-state index is 12.3. The summed E-state index contributed by atoms with van der Waals surface area (Å²) in [5.74, 6) is 0. The summed E-state index contributed by atoms with van der Waals surface area (Å²) in [7, 11) is 1.19. The molecule has 2 N–H and O–H groups in total. The molecule has 0 aromatic rings. The zero-order valence-corrected chi connectivity index (χ0v) is 7.37. The van der Waals surface area contributed by atoms with Gasteiger partial charge in [-0.1, -0.05) is 0 Å². The van der Waals surface area contributed by atoms with Crippen LogP contribution in [-0.4, -0.2) is 36.2 Å². The number of aliphatic imine (C=N–C) groups is 2. The molecule has 74 valence electrons. The summed E-state index contributed by atoms with van der Waals surface area (Å²) < 4.78 is 29.2. The molecule has 0 bridgehead atoms. The Morgan fingerprint density at radius 3 is 2.77 bits per heavy atom. The monoisotopic (exact) mass is 212 g/mol. The van der Waals surface area contributed by atoms with Gasteiger partial charge in [-0.3, -0.25) is 5.73 Å². The second kappa shape index (κ2) is 3.84. The third kappa shape index (κ3) is 2.04. The van der Waals surface area contributed by atoms with Crippen LogP contribution in [0, 0.1) is 0 Å². The van der Waals surface area contributed by atoms with Gasteiger partial charge < -0.3 is 4.74 Å². The molecular formula is C5H7ClF2N4O. The molecular weight excluding hydrogens is 206 g/mol. The number of amidine groups is 2. The van der Waals surface area contributed by atoms with Crippen LogP contribution in [0.4, 0.5) is 8.78 Å². The molecule has 0 saturated carbocycles. The van der Waals surface area contributed by atoms with Gasteiger partial charge >= 0.3 is 12.6 Å². The van der Waals surface area contributed by atoms with E-state index in [1.807, 2.05) is 0 Å². The molecule has 0 aromatic carbocycles. The summed E-state index contributed by atoms with van der Waals surface area (Å²) in [6, 6.07) is -0.345. The molecule has 8 heteroatoms. The highest BCUT2D eigenvalue weighted by Crippen LogP contribution is 2.14. The van der Waals surface area contributed by atoms with Crippen LogP contribution in [0.2, 0.25) is 0 Å². The van der Waals surface area contributed by atoms with Gasteiger partial charge in [-0.25, -0.2) is 9.89 Å². The van der Waals surface area contributed by atoms with Gasteiger partial charge in [0.15, 0.2) is 6.29 Å². The Bertz CT molecular complexity index is 257. The first-order chi connectivity index (χ1) is 6.06. The van der Waals surface area contributed by atoms with E-state index < -0.39 is 12.8 Å². The van der Waals surface area contributed by atoms with Crippen molar-refractivity contribution < 1.29 is 13.5 Å². The Kier molecular flexibility index (Phi) is 2.99. The molecule has 0 aromatic heterocycles. The van der Waals surface area contributed by atoms with Crippen LogP contribution >= 0.6 is 11.6 Å². The normalized spacial score (nSPS) is 22.9. The Morgan fingerprint density at radius 1 is 1.69 bits per heavy atom. The number of ether oxygens (including phenoxy) is 1. The summed E-state index contributed by atoms with van der Waals surface area (Å²) in [6.45, 7) is -2.83. The van der Waals surface area contributed by atoms with Crippen LogP contribution < -0.4 is 5.73 Å². The minimum Gasteiger partial charge on any atom is -0.468 e. The van der Waals surface area contributed by atoms with Crippen LogP contribution in [0.1, 0.15) is 0 Å². The molecule has 0 amide bonds. The minimum atomic E-state index is -2.83. The quantitative estimate of drug-likeness (QED) is 0.639. The van der Waals surface area contributed by atoms with Gasteiger partial charge in [0.25, 0.3) is 0 Å². The second-order valence-corrected chi connectivity index (χ2v) is 2.43. The fourth-order valence-corrected chi connectivity index (χ4v) is 0.972. The summed E-state index contributed by atoms with van der Waals surface area (Å²) in [5.41, 5.74) is 5.25. The molecule has 0 spiro atoms. The third-order valence-corrected chi connectivity index (χ3v) is 1.51. The lowest BCUT2D eigenvalue weighted by molar-refractivity contribution is -0.0159. The van der Waals surface area contributed by atoms with Gasteiger partial charge in [0.1, 0.15) is 0 Å². The van der Waals surface area contributed by atoms with Crippen molar-refractivity contribution in [3.63, 3.8) is 0 Å². The van der Waals surface area contributed by atoms with E-state index in [0.29, 0.717) is 4.90 Å². The molecule has 0 aliphatic carbocycles. The maximum atomic E-state index is 12.3. The van der Waals surface area contributed by atoms with E-state index >= 15 is 0 Å². The summed E-state index contributed by atoms with van der Waals surface area (Å²) in [6.07, 6.45) is -1.26. The molecule has 1 rings (SSSR count). The third-order valence-electron chi connectivity index (χ3n) is 1.33. The molecule has 0 radical (unpaired) electrons. The summed E-state index contributed by atoms with van der Waals surface area (Å²) in [4.78, 5) is 7.26. The van der Waals surface area contributed by atoms with Gasteiger partial charge in [0.05, 0.1) is 7.11 Å². The van der Waals surface area contributed by atoms with Crippen LogP contribution in [0.25, 0.3) is 0 Å². The number of methoxy groups -OCH3 is 1.